The number of esters is 1. The highest BCUT2D eigenvalue weighted by molar-refractivity contribution is 5.91. The number of carbonyl (C=O) groups is 2. The van der Waals surface area contributed by atoms with E-state index >= 15 is 0 Å². The summed E-state index contributed by atoms with van der Waals surface area (Å²) in [5.41, 5.74) is 0.608. The number of nitrogens with one attached hydrogen (secondary N) is 1. The summed E-state index contributed by atoms with van der Waals surface area (Å²) in [4.78, 5) is 23.6. The summed E-state index contributed by atoms with van der Waals surface area (Å²) in [6, 6.07) is 20.9. The average Bonchev–Trinajstić information content (AvgIpc) is 2.76. The molecule has 0 aliphatic rings. The van der Waals surface area contributed by atoms with Crippen molar-refractivity contribution < 1.29 is 23.8 Å². The van der Waals surface area contributed by atoms with Crippen molar-refractivity contribution in [2.75, 3.05) is 25.1 Å². The molecule has 0 aliphatic heterocycles. The summed E-state index contributed by atoms with van der Waals surface area (Å²) >= 11 is 0. The van der Waals surface area contributed by atoms with Crippen molar-refractivity contribution in [2.24, 2.45) is 0 Å². The monoisotopic (exact) mass is 407 g/mol. The quantitative estimate of drug-likeness (QED) is 0.393. The van der Waals surface area contributed by atoms with Crippen LogP contribution in [0.4, 0.5) is 5.69 Å². The molecule has 0 bridgehead atoms. The third kappa shape index (κ3) is 6.24. The van der Waals surface area contributed by atoms with E-state index in [1.54, 1.807) is 31.2 Å². The van der Waals surface area contributed by atoms with Crippen LogP contribution >= 0.6 is 0 Å². The molecule has 0 atom stereocenters. The van der Waals surface area contributed by atoms with E-state index in [0.29, 0.717) is 37.5 Å². The van der Waals surface area contributed by atoms with Crippen LogP contribution in [0.25, 0.3) is 10.8 Å². The number of amides is 1. The van der Waals surface area contributed by atoms with Crippen LogP contribution in [0, 0.1) is 0 Å². The van der Waals surface area contributed by atoms with Crippen LogP contribution < -0.4 is 14.8 Å². The van der Waals surface area contributed by atoms with Crippen LogP contribution in [0.2, 0.25) is 0 Å². The molecule has 6 nitrogen and oxygen atoms in total. The molecule has 156 valence electrons. The zero-order valence-electron chi connectivity index (χ0n) is 16.9. The van der Waals surface area contributed by atoms with E-state index in [0.717, 1.165) is 16.5 Å². The second kappa shape index (κ2) is 10.9. The van der Waals surface area contributed by atoms with Crippen LogP contribution in [0.15, 0.2) is 66.7 Å². The van der Waals surface area contributed by atoms with Crippen LogP contribution in [0.5, 0.6) is 11.5 Å². The first-order valence-corrected chi connectivity index (χ1v) is 9.94. The fraction of sp³-hybridized carbons (Fsp3) is 0.250. The highest BCUT2D eigenvalue weighted by atomic mass is 16.6. The Morgan fingerprint density at radius 3 is 2.60 bits per heavy atom. The maximum Gasteiger partial charge on any atom is 0.344 e. The summed E-state index contributed by atoms with van der Waals surface area (Å²) < 4.78 is 16.1. The van der Waals surface area contributed by atoms with E-state index in [4.69, 9.17) is 14.2 Å². The van der Waals surface area contributed by atoms with Gasteiger partial charge in [-0.15, -0.1) is 0 Å². The van der Waals surface area contributed by atoms with Gasteiger partial charge in [0, 0.05) is 23.6 Å². The molecule has 30 heavy (non-hydrogen) atoms. The Balaban J connectivity index is 1.43. The number of fused-ring (bicyclic) bond motifs is 1. The normalized spacial score (nSPS) is 10.4. The predicted octanol–water partition coefficient (Wildman–Crippen LogP) is 4.58. The molecule has 1 N–H and O–H groups in total. The largest absolute Gasteiger partial charge is 0.493 e. The Bertz CT molecular complexity index is 996. The minimum atomic E-state index is -0.432. The van der Waals surface area contributed by atoms with Crippen molar-refractivity contribution in [2.45, 2.75) is 19.8 Å². The van der Waals surface area contributed by atoms with E-state index in [2.05, 4.69) is 5.32 Å². The fourth-order valence-corrected chi connectivity index (χ4v) is 2.97. The summed E-state index contributed by atoms with van der Waals surface area (Å²) in [6.45, 7) is 2.32. The van der Waals surface area contributed by atoms with Gasteiger partial charge in [0.15, 0.2) is 6.61 Å². The van der Waals surface area contributed by atoms with Crippen molar-refractivity contribution in [3.8, 4) is 11.5 Å². The third-order valence-corrected chi connectivity index (χ3v) is 4.34. The topological polar surface area (TPSA) is 73.9 Å². The van der Waals surface area contributed by atoms with Gasteiger partial charge in [-0.25, -0.2) is 4.79 Å². The molecule has 0 saturated carbocycles. The van der Waals surface area contributed by atoms with Crippen LogP contribution in [0.1, 0.15) is 19.8 Å². The van der Waals surface area contributed by atoms with E-state index in [1.165, 1.54) is 0 Å². The standard InChI is InChI=1S/C24H25NO5/c1-2-28-24(27)17-30-20-11-6-10-19(16-20)25-23(26)14-7-15-29-22-13-5-9-18-8-3-4-12-21(18)22/h3-6,8-13,16H,2,7,14-15,17H2,1H3,(H,25,26). The molecule has 0 aliphatic carbocycles. The van der Waals surface area contributed by atoms with Crippen molar-refractivity contribution >= 4 is 28.3 Å². The zero-order valence-corrected chi connectivity index (χ0v) is 16.9. The van der Waals surface area contributed by atoms with Crippen molar-refractivity contribution in [3.63, 3.8) is 0 Å². The third-order valence-electron chi connectivity index (χ3n) is 4.34. The fourth-order valence-electron chi connectivity index (χ4n) is 2.97. The molecule has 0 radical (unpaired) electrons. The summed E-state index contributed by atoms with van der Waals surface area (Å²) in [7, 11) is 0. The second-order valence-electron chi connectivity index (χ2n) is 6.60. The molecule has 0 fully saturated rings. The zero-order chi connectivity index (χ0) is 21.2. The Kier molecular flexibility index (Phi) is 7.66. The lowest BCUT2D eigenvalue weighted by atomic mass is 10.1. The molecule has 0 spiro atoms. The van der Waals surface area contributed by atoms with Crippen molar-refractivity contribution in [1.82, 2.24) is 0 Å². The molecule has 0 saturated heterocycles. The first-order valence-electron chi connectivity index (χ1n) is 9.94. The van der Waals surface area contributed by atoms with E-state index < -0.39 is 5.97 Å². The summed E-state index contributed by atoms with van der Waals surface area (Å²) in [6.07, 6.45) is 0.923. The SMILES string of the molecule is CCOC(=O)COc1cccc(NC(=O)CCCOc2cccc3ccccc23)c1. The number of ether oxygens (including phenoxy) is 3. The van der Waals surface area contributed by atoms with Crippen molar-refractivity contribution in [1.29, 1.82) is 0 Å². The molecule has 1 amide bonds. The van der Waals surface area contributed by atoms with E-state index in [1.807, 2.05) is 42.5 Å². The Hall–Kier alpha value is -3.54. The molecule has 3 aromatic carbocycles. The molecular formula is C24H25NO5. The predicted molar refractivity (Wildman–Crippen MR) is 116 cm³/mol. The van der Waals surface area contributed by atoms with E-state index in [-0.39, 0.29) is 12.5 Å². The maximum atomic E-state index is 12.2. The van der Waals surface area contributed by atoms with Gasteiger partial charge in [-0.2, -0.15) is 0 Å². The Morgan fingerprint density at radius 2 is 1.73 bits per heavy atom. The molecule has 0 heterocycles. The number of rotatable bonds is 10. The molecule has 0 aromatic heterocycles. The number of carbonyl (C=O) groups excluding carboxylic acids is 2. The van der Waals surface area contributed by atoms with Gasteiger partial charge in [0.05, 0.1) is 13.2 Å². The van der Waals surface area contributed by atoms with Crippen LogP contribution in [0.3, 0.4) is 0 Å². The summed E-state index contributed by atoms with van der Waals surface area (Å²) in [5.74, 6) is 0.761. The number of hydrogen-bond acceptors (Lipinski definition) is 5. The van der Waals surface area contributed by atoms with Gasteiger partial charge in [0.2, 0.25) is 5.91 Å². The van der Waals surface area contributed by atoms with Gasteiger partial charge in [-0.1, -0.05) is 42.5 Å². The summed E-state index contributed by atoms with van der Waals surface area (Å²) in [5, 5.41) is 5.02. The van der Waals surface area contributed by atoms with E-state index in [9.17, 15) is 9.59 Å². The Labute approximate surface area is 175 Å². The van der Waals surface area contributed by atoms with Gasteiger partial charge >= 0.3 is 5.97 Å². The highest BCUT2D eigenvalue weighted by Gasteiger charge is 2.07. The van der Waals surface area contributed by atoms with Gasteiger partial charge in [0.25, 0.3) is 0 Å². The van der Waals surface area contributed by atoms with Gasteiger partial charge in [0.1, 0.15) is 11.5 Å². The lowest BCUT2D eigenvalue weighted by molar-refractivity contribution is -0.145. The molecular weight excluding hydrogens is 382 g/mol. The van der Waals surface area contributed by atoms with Crippen LogP contribution in [-0.2, 0) is 14.3 Å². The van der Waals surface area contributed by atoms with Crippen molar-refractivity contribution in [3.05, 3.63) is 66.7 Å². The smallest absolute Gasteiger partial charge is 0.344 e. The molecule has 3 aromatic rings. The van der Waals surface area contributed by atoms with Gasteiger partial charge in [-0.3, -0.25) is 4.79 Å². The minimum absolute atomic E-state index is 0.112. The molecule has 0 unspecified atom stereocenters. The van der Waals surface area contributed by atoms with Gasteiger partial charge in [-0.05, 0) is 36.9 Å². The second-order valence-corrected chi connectivity index (χ2v) is 6.60. The Morgan fingerprint density at radius 1 is 0.933 bits per heavy atom. The minimum Gasteiger partial charge on any atom is -0.493 e. The molecule has 6 heteroatoms. The lowest BCUT2D eigenvalue weighted by Crippen LogP contribution is -2.15. The highest BCUT2D eigenvalue weighted by Crippen LogP contribution is 2.25. The van der Waals surface area contributed by atoms with Gasteiger partial charge < -0.3 is 19.5 Å². The maximum absolute atomic E-state index is 12.2. The molecule has 3 rings (SSSR count). The number of benzene rings is 3. The lowest BCUT2D eigenvalue weighted by Gasteiger charge is -2.10. The van der Waals surface area contributed by atoms with Crippen LogP contribution in [-0.4, -0.2) is 31.7 Å². The number of anilines is 1. The number of hydrogen-bond donors (Lipinski definition) is 1. The average molecular weight is 407 g/mol. The first kappa shape index (κ1) is 21.2. The first-order chi connectivity index (χ1) is 14.7.